The zero-order valence-electron chi connectivity index (χ0n) is 8.64. The van der Waals surface area contributed by atoms with E-state index >= 15 is 0 Å². The minimum atomic E-state index is 0.446. The third-order valence-corrected chi connectivity index (χ3v) is 2.20. The number of hydrogen-bond acceptors (Lipinski definition) is 4. The Morgan fingerprint density at radius 1 is 1.25 bits per heavy atom. The summed E-state index contributed by atoms with van der Waals surface area (Å²) >= 11 is 5.85. The summed E-state index contributed by atoms with van der Waals surface area (Å²) in [4.78, 5) is 7.95. The molecule has 1 heterocycles. The summed E-state index contributed by atoms with van der Waals surface area (Å²) in [7, 11) is 0. The van der Waals surface area contributed by atoms with E-state index in [9.17, 15) is 0 Å². The van der Waals surface area contributed by atoms with Gasteiger partial charge in [0.2, 0.25) is 5.88 Å². The molecule has 0 radical (unpaired) electrons. The summed E-state index contributed by atoms with van der Waals surface area (Å²) in [5, 5.41) is 0.565. The average molecular weight is 236 g/mol. The number of ether oxygens (including phenoxy) is 1. The molecule has 0 saturated carbocycles. The van der Waals surface area contributed by atoms with Crippen LogP contribution in [0.2, 0.25) is 5.02 Å². The molecular formula is C11H10ClN3O. The van der Waals surface area contributed by atoms with Crippen molar-refractivity contribution in [1.29, 1.82) is 0 Å². The molecule has 0 aliphatic rings. The molecule has 1 aromatic heterocycles. The van der Waals surface area contributed by atoms with E-state index in [0.717, 1.165) is 5.69 Å². The Morgan fingerprint density at radius 3 is 2.81 bits per heavy atom. The number of aryl methyl sites for hydroxylation is 1. The normalized spacial score (nSPS) is 10.1. The van der Waals surface area contributed by atoms with E-state index < -0.39 is 0 Å². The lowest BCUT2D eigenvalue weighted by Crippen LogP contribution is -1.94. The van der Waals surface area contributed by atoms with Gasteiger partial charge in [0, 0.05) is 22.8 Å². The van der Waals surface area contributed by atoms with Crippen molar-refractivity contribution in [3.05, 3.63) is 41.3 Å². The van der Waals surface area contributed by atoms with E-state index in [1.165, 1.54) is 6.33 Å². The molecule has 0 bridgehead atoms. The molecule has 0 spiro atoms. The minimum absolute atomic E-state index is 0.446. The van der Waals surface area contributed by atoms with Crippen molar-refractivity contribution >= 4 is 17.3 Å². The Balaban J connectivity index is 2.30. The van der Waals surface area contributed by atoms with Crippen molar-refractivity contribution in [2.45, 2.75) is 6.92 Å². The molecule has 0 unspecified atom stereocenters. The van der Waals surface area contributed by atoms with Gasteiger partial charge in [0.05, 0.1) is 5.69 Å². The summed E-state index contributed by atoms with van der Waals surface area (Å²) < 4.78 is 5.51. The highest BCUT2D eigenvalue weighted by molar-refractivity contribution is 6.30. The van der Waals surface area contributed by atoms with Gasteiger partial charge in [-0.2, -0.15) is 0 Å². The molecule has 16 heavy (non-hydrogen) atoms. The predicted octanol–water partition coefficient (Wildman–Crippen LogP) is 2.81. The first-order chi connectivity index (χ1) is 7.65. The standard InChI is InChI=1S/C11H10ClN3O/c1-7-4-11(15-6-14-7)16-10-5-8(12)2-3-9(10)13/h2-6H,13H2,1H3. The van der Waals surface area contributed by atoms with Crippen molar-refractivity contribution in [1.82, 2.24) is 9.97 Å². The lowest BCUT2D eigenvalue weighted by atomic mass is 10.3. The number of rotatable bonds is 2. The van der Waals surface area contributed by atoms with Crippen molar-refractivity contribution < 1.29 is 4.74 Å². The zero-order valence-corrected chi connectivity index (χ0v) is 9.40. The van der Waals surface area contributed by atoms with Gasteiger partial charge in [0.25, 0.3) is 0 Å². The third kappa shape index (κ3) is 2.41. The van der Waals surface area contributed by atoms with Gasteiger partial charge in [-0.15, -0.1) is 0 Å². The molecule has 0 aliphatic heterocycles. The summed E-state index contributed by atoms with van der Waals surface area (Å²) in [6.07, 6.45) is 1.44. The van der Waals surface area contributed by atoms with Gasteiger partial charge in [-0.1, -0.05) is 11.6 Å². The third-order valence-electron chi connectivity index (χ3n) is 1.97. The summed E-state index contributed by atoms with van der Waals surface area (Å²) in [6.45, 7) is 1.86. The van der Waals surface area contributed by atoms with Crippen molar-refractivity contribution in [3.63, 3.8) is 0 Å². The molecule has 4 nitrogen and oxygen atoms in total. The molecular weight excluding hydrogens is 226 g/mol. The molecule has 2 rings (SSSR count). The number of halogens is 1. The van der Waals surface area contributed by atoms with E-state index in [4.69, 9.17) is 22.1 Å². The predicted molar refractivity (Wildman–Crippen MR) is 62.7 cm³/mol. The van der Waals surface area contributed by atoms with E-state index in [0.29, 0.717) is 22.3 Å². The lowest BCUT2D eigenvalue weighted by Gasteiger charge is -2.07. The van der Waals surface area contributed by atoms with Crippen LogP contribution >= 0.6 is 11.6 Å². The van der Waals surface area contributed by atoms with Crippen molar-refractivity contribution in [2.75, 3.05) is 5.73 Å². The molecule has 2 N–H and O–H groups in total. The molecule has 1 aromatic carbocycles. The van der Waals surface area contributed by atoms with Crippen LogP contribution in [0.4, 0.5) is 5.69 Å². The quantitative estimate of drug-likeness (QED) is 0.813. The first-order valence-electron chi connectivity index (χ1n) is 4.66. The van der Waals surface area contributed by atoms with Crippen LogP contribution in [0.5, 0.6) is 11.6 Å². The van der Waals surface area contributed by atoms with E-state index in [-0.39, 0.29) is 0 Å². The second kappa shape index (κ2) is 4.37. The Hall–Kier alpha value is -1.81. The van der Waals surface area contributed by atoms with Gasteiger partial charge < -0.3 is 10.5 Å². The van der Waals surface area contributed by atoms with Gasteiger partial charge in [0.1, 0.15) is 6.33 Å². The van der Waals surface area contributed by atoms with Crippen LogP contribution in [0.15, 0.2) is 30.6 Å². The minimum Gasteiger partial charge on any atom is -0.437 e. The van der Waals surface area contributed by atoms with Crippen LogP contribution in [-0.4, -0.2) is 9.97 Å². The number of benzene rings is 1. The molecule has 82 valence electrons. The van der Waals surface area contributed by atoms with Crippen LogP contribution in [0.25, 0.3) is 0 Å². The highest BCUT2D eigenvalue weighted by Gasteiger charge is 2.04. The van der Waals surface area contributed by atoms with Gasteiger partial charge in [-0.25, -0.2) is 9.97 Å². The van der Waals surface area contributed by atoms with Crippen LogP contribution in [0.3, 0.4) is 0 Å². The SMILES string of the molecule is Cc1cc(Oc2cc(Cl)ccc2N)ncn1. The molecule has 0 amide bonds. The number of nitrogens with two attached hydrogens (primary N) is 1. The maximum atomic E-state index is 5.85. The van der Waals surface area contributed by atoms with E-state index in [2.05, 4.69) is 9.97 Å². The van der Waals surface area contributed by atoms with E-state index in [1.807, 2.05) is 6.92 Å². The Morgan fingerprint density at radius 2 is 2.06 bits per heavy atom. The smallest absolute Gasteiger partial charge is 0.222 e. The largest absolute Gasteiger partial charge is 0.437 e. The molecule has 0 saturated heterocycles. The molecule has 0 atom stereocenters. The maximum Gasteiger partial charge on any atom is 0.222 e. The molecule has 2 aromatic rings. The first-order valence-corrected chi connectivity index (χ1v) is 5.04. The number of aromatic nitrogens is 2. The average Bonchev–Trinajstić information content (AvgIpc) is 2.24. The Labute approximate surface area is 98.0 Å². The Kier molecular flexibility index (Phi) is 2.92. The fourth-order valence-corrected chi connectivity index (χ4v) is 1.36. The van der Waals surface area contributed by atoms with Crippen LogP contribution < -0.4 is 10.5 Å². The fraction of sp³-hybridized carbons (Fsp3) is 0.0909. The number of anilines is 1. The number of nitrogens with zero attached hydrogens (tertiary/aromatic N) is 2. The van der Waals surface area contributed by atoms with Crippen molar-refractivity contribution in [2.24, 2.45) is 0 Å². The summed E-state index contributed by atoms with van der Waals surface area (Å²) in [5.74, 6) is 0.937. The van der Waals surface area contributed by atoms with Gasteiger partial charge in [-0.3, -0.25) is 0 Å². The van der Waals surface area contributed by atoms with Crippen LogP contribution in [-0.2, 0) is 0 Å². The fourth-order valence-electron chi connectivity index (χ4n) is 1.20. The van der Waals surface area contributed by atoms with Gasteiger partial charge in [-0.05, 0) is 19.1 Å². The van der Waals surface area contributed by atoms with E-state index in [1.54, 1.807) is 24.3 Å². The second-order valence-corrected chi connectivity index (χ2v) is 3.72. The highest BCUT2D eigenvalue weighted by atomic mass is 35.5. The highest BCUT2D eigenvalue weighted by Crippen LogP contribution is 2.29. The second-order valence-electron chi connectivity index (χ2n) is 3.28. The number of nitrogen functional groups attached to an aromatic ring is 1. The first kappa shape index (κ1) is 10.7. The zero-order chi connectivity index (χ0) is 11.5. The van der Waals surface area contributed by atoms with Crippen LogP contribution in [0, 0.1) is 6.92 Å². The van der Waals surface area contributed by atoms with Crippen LogP contribution in [0.1, 0.15) is 5.69 Å². The van der Waals surface area contributed by atoms with Crippen molar-refractivity contribution in [3.8, 4) is 11.6 Å². The molecule has 0 fully saturated rings. The topological polar surface area (TPSA) is 61.0 Å². The summed E-state index contributed by atoms with van der Waals surface area (Å²) in [6, 6.07) is 6.76. The Bertz CT molecular complexity index is 516. The number of hydrogen-bond donors (Lipinski definition) is 1. The maximum absolute atomic E-state index is 5.85. The molecule has 0 aliphatic carbocycles. The van der Waals surface area contributed by atoms with Gasteiger partial charge >= 0.3 is 0 Å². The lowest BCUT2D eigenvalue weighted by molar-refractivity contribution is 0.463. The monoisotopic (exact) mass is 235 g/mol. The molecule has 5 heteroatoms. The van der Waals surface area contributed by atoms with Gasteiger partial charge in [0.15, 0.2) is 5.75 Å². The summed E-state index contributed by atoms with van der Waals surface area (Å²) in [5.41, 5.74) is 7.09.